The third kappa shape index (κ3) is 2.49. The first-order valence-corrected chi connectivity index (χ1v) is 7.41. The Morgan fingerprint density at radius 1 is 0.952 bits per heavy atom. The molecule has 21 heavy (non-hydrogen) atoms. The van der Waals surface area contributed by atoms with Gasteiger partial charge in [0.05, 0.1) is 11.2 Å². The Balaban J connectivity index is 2.32. The molecule has 0 aliphatic heterocycles. The quantitative estimate of drug-likeness (QED) is 0.732. The van der Waals surface area contributed by atoms with Crippen LogP contribution in [0.25, 0.3) is 22.2 Å². The van der Waals surface area contributed by atoms with Crippen LogP contribution in [-0.4, -0.2) is 11.5 Å². The average molecular weight is 276 g/mol. The van der Waals surface area contributed by atoms with Crippen LogP contribution in [0.1, 0.15) is 18.1 Å². The largest absolute Gasteiger partial charge is 0.385 e. The van der Waals surface area contributed by atoms with Gasteiger partial charge in [-0.1, -0.05) is 42.5 Å². The maximum atomic E-state index is 4.91. The van der Waals surface area contributed by atoms with Gasteiger partial charge in [-0.15, -0.1) is 0 Å². The van der Waals surface area contributed by atoms with Crippen molar-refractivity contribution < 1.29 is 0 Å². The molecular weight excluding hydrogens is 256 g/mol. The fourth-order valence-corrected chi connectivity index (χ4v) is 2.73. The minimum atomic E-state index is 0.903. The highest BCUT2D eigenvalue weighted by atomic mass is 14.9. The number of fused-ring (bicyclic) bond motifs is 1. The number of nitrogens with zero attached hydrogens (tertiary/aromatic N) is 1. The Bertz CT molecular complexity index is 776. The smallest absolute Gasteiger partial charge is 0.0762 e. The molecule has 0 atom stereocenters. The van der Waals surface area contributed by atoms with Crippen molar-refractivity contribution in [2.24, 2.45) is 0 Å². The summed E-state index contributed by atoms with van der Waals surface area (Å²) in [5.74, 6) is 0. The third-order valence-electron chi connectivity index (χ3n) is 3.81. The van der Waals surface area contributed by atoms with Gasteiger partial charge in [-0.25, -0.2) is 4.98 Å². The molecule has 0 unspecified atom stereocenters. The summed E-state index contributed by atoms with van der Waals surface area (Å²) in [5, 5.41) is 4.72. The van der Waals surface area contributed by atoms with Gasteiger partial charge in [-0.2, -0.15) is 0 Å². The maximum Gasteiger partial charge on any atom is 0.0762 e. The molecule has 0 fully saturated rings. The molecule has 1 aromatic heterocycles. The van der Waals surface area contributed by atoms with E-state index in [-0.39, 0.29) is 0 Å². The highest BCUT2D eigenvalue weighted by molar-refractivity contribution is 5.97. The van der Waals surface area contributed by atoms with Crippen LogP contribution < -0.4 is 5.32 Å². The number of nitrogens with one attached hydrogen (secondary N) is 1. The first-order valence-electron chi connectivity index (χ1n) is 7.41. The molecule has 3 aromatic rings. The zero-order valence-electron chi connectivity index (χ0n) is 12.8. The number of anilines is 1. The second kappa shape index (κ2) is 5.57. The SMILES string of the molecule is CCNc1cc(-c2ccccc2)nc2c(C)ccc(C)c12. The predicted octanol–water partition coefficient (Wildman–Crippen LogP) is 4.95. The standard InChI is InChI=1S/C19H20N2/c1-4-20-17-12-16(15-8-6-5-7-9-15)21-19-14(3)11-10-13(2)18(17)19/h5-12H,4H2,1-3H3,(H,20,21). The molecule has 1 heterocycles. The van der Waals surface area contributed by atoms with Crippen molar-refractivity contribution in [3.63, 3.8) is 0 Å². The summed E-state index contributed by atoms with van der Waals surface area (Å²) in [6.07, 6.45) is 0. The van der Waals surface area contributed by atoms with Crippen molar-refractivity contribution in [2.45, 2.75) is 20.8 Å². The number of aromatic nitrogens is 1. The highest BCUT2D eigenvalue weighted by Gasteiger charge is 2.10. The molecule has 106 valence electrons. The summed E-state index contributed by atoms with van der Waals surface area (Å²) in [7, 11) is 0. The molecule has 0 saturated carbocycles. The topological polar surface area (TPSA) is 24.9 Å². The van der Waals surface area contributed by atoms with Crippen LogP contribution in [0, 0.1) is 13.8 Å². The first-order chi connectivity index (χ1) is 10.2. The van der Waals surface area contributed by atoms with E-state index in [0.717, 1.165) is 23.3 Å². The summed E-state index contributed by atoms with van der Waals surface area (Å²) in [4.78, 5) is 4.91. The van der Waals surface area contributed by atoms with Crippen LogP contribution in [0.2, 0.25) is 0 Å². The number of pyridine rings is 1. The van der Waals surface area contributed by atoms with Crippen LogP contribution in [0.4, 0.5) is 5.69 Å². The Morgan fingerprint density at radius 3 is 2.38 bits per heavy atom. The second-order valence-electron chi connectivity index (χ2n) is 5.37. The van der Waals surface area contributed by atoms with Gasteiger partial charge in [0.2, 0.25) is 0 Å². The van der Waals surface area contributed by atoms with Crippen molar-refractivity contribution in [3.05, 3.63) is 59.7 Å². The minimum absolute atomic E-state index is 0.903. The monoisotopic (exact) mass is 276 g/mol. The highest BCUT2D eigenvalue weighted by Crippen LogP contribution is 2.32. The van der Waals surface area contributed by atoms with E-state index in [4.69, 9.17) is 4.98 Å². The lowest BCUT2D eigenvalue weighted by Crippen LogP contribution is -2.01. The number of rotatable bonds is 3. The molecule has 2 nitrogen and oxygen atoms in total. The summed E-state index contributed by atoms with van der Waals surface area (Å²) in [6.45, 7) is 7.30. The summed E-state index contributed by atoms with van der Waals surface area (Å²) in [6, 6.07) is 16.8. The molecule has 0 saturated heterocycles. The molecule has 0 amide bonds. The Labute approximate surface area is 125 Å². The van der Waals surface area contributed by atoms with E-state index >= 15 is 0 Å². The molecule has 2 heteroatoms. The van der Waals surface area contributed by atoms with Gasteiger partial charge in [0.1, 0.15) is 0 Å². The van der Waals surface area contributed by atoms with Crippen LogP contribution in [0.3, 0.4) is 0 Å². The van der Waals surface area contributed by atoms with Crippen molar-refractivity contribution in [3.8, 4) is 11.3 Å². The van der Waals surface area contributed by atoms with Gasteiger partial charge in [0, 0.05) is 23.2 Å². The number of aryl methyl sites for hydroxylation is 2. The Hall–Kier alpha value is -2.35. The molecule has 1 N–H and O–H groups in total. The van der Waals surface area contributed by atoms with Crippen LogP contribution in [0.5, 0.6) is 0 Å². The lowest BCUT2D eigenvalue weighted by molar-refractivity contribution is 1.21. The van der Waals surface area contributed by atoms with E-state index in [0.29, 0.717) is 0 Å². The minimum Gasteiger partial charge on any atom is -0.385 e. The predicted molar refractivity (Wildman–Crippen MR) is 90.8 cm³/mol. The van der Waals surface area contributed by atoms with E-state index in [2.05, 4.69) is 68.6 Å². The van der Waals surface area contributed by atoms with Crippen LogP contribution in [0.15, 0.2) is 48.5 Å². The zero-order chi connectivity index (χ0) is 14.8. The second-order valence-corrected chi connectivity index (χ2v) is 5.37. The molecular formula is C19H20N2. The van der Waals surface area contributed by atoms with E-state index in [1.165, 1.54) is 22.2 Å². The Kier molecular flexibility index (Phi) is 3.61. The average Bonchev–Trinajstić information content (AvgIpc) is 2.52. The van der Waals surface area contributed by atoms with E-state index < -0.39 is 0 Å². The molecule has 3 rings (SSSR count). The van der Waals surface area contributed by atoms with Gasteiger partial charge in [-0.3, -0.25) is 0 Å². The van der Waals surface area contributed by atoms with Gasteiger partial charge in [-0.05, 0) is 38.0 Å². The van der Waals surface area contributed by atoms with Crippen molar-refractivity contribution >= 4 is 16.6 Å². The number of hydrogen-bond donors (Lipinski definition) is 1. The molecule has 0 radical (unpaired) electrons. The summed E-state index contributed by atoms with van der Waals surface area (Å²) in [5.41, 5.74) is 6.91. The zero-order valence-corrected chi connectivity index (χ0v) is 12.8. The fourth-order valence-electron chi connectivity index (χ4n) is 2.73. The lowest BCUT2D eigenvalue weighted by atomic mass is 10.0. The molecule has 0 spiro atoms. The third-order valence-corrected chi connectivity index (χ3v) is 3.81. The summed E-state index contributed by atoms with van der Waals surface area (Å²) >= 11 is 0. The molecule has 0 aliphatic rings. The van der Waals surface area contributed by atoms with E-state index in [1.807, 2.05) is 6.07 Å². The summed E-state index contributed by atoms with van der Waals surface area (Å²) < 4.78 is 0. The van der Waals surface area contributed by atoms with Crippen molar-refractivity contribution in [2.75, 3.05) is 11.9 Å². The van der Waals surface area contributed by atoms with Gasteiger partial charge in [0.25, 0.3) is 0 Å². The van der Waals surface area contributed by atoms with Gasteiger partial charge < -0.3 is 5.32 Å². The van der Waals surface area contributed by atoms with Crippen molar-refractivity contribution in [1.29, 1.82) is 0 Å². The maximum absolute atomic E-state index is 4.91. The molecule has 2 aromatic carbocycles. The number of hydrogen-bond acceptors (Lipinski definition) is 2. The number of benzene rings is 2. The molecule has 0 aliphatic carbocycles. The first kappa shape index (κ1) is 13.6. The van der Waals surface area contributed by atoms with Gasteiger partial charge >= 0.3 is 0 Å². The Morgan fingerprint density at radius 2 is 1.67 bits per heavy atom. The van der Waals surface area contributed by atoms with E-state index in [1.54, 1.807) is 0 Å². The van der Waals surface area contributed by atoms with Crippen molar-refractivity contribution in [1.82, 2.24) is 4.98 Å². The fraction of sp³-hybridized carbons (Fsp3) is 0.211. The van der Waals surface area contributed by atoms with E-state index in [9.17, 15) is 0 Å². The molecule has 0 bridgehead atoms. The lowest BCUT2D eigenvalue weighted by Gasteiger charge is -2.14. The van der Waals surface area contributed by atoms with Crippen LogP contribution in [-0.2, 0) is 0 Å². The normalized spacial score (nSPS) is 10.8. The van der Waals surface area contributed by atoms with Crippen LogP contribution >= 0.6 is 0 Å². The van der Waals surface area contributed by atoms with Gasteiger partial charge in [0.15, 0.2) is 0 Å².